The molecule has 2 heterocycles. The molecule has 0 amide bonds. The van der Waals surface area contributed by atoms with Crippen molar-refractivity contribution in [2.45, 2.75) is 6.54 Å². The van der Waals surface area contributed by atoms with Crippen molar-refractivity contribution in [3.8, 4) is 0 Å². The number of carboxylic acids is 1. The highest BCUT2D eigenvalue weighted by molar-refractivity contribution is 7.09. The number of nitrogens with one attached hydrogen (secondary N) is 1. The van der Waals surface area contributed by atoms with E-state index in [9.17, 15) is 4.79 Å². The predicted molar refractivity (Wildman–Crippen MR) is 65.6 cm³/mol. The number of thiazole rings is 1. The minimum absolute atomic E-state index is 0.126. The number of aromatic carboxylic acids is 1. The van der Waals surface area contributed by atoms with Crippen molar-refractivity contribution >= 4 is 34.7 Å². The molecule has 0 atom stereocenters. The maximum atomic E-state index is 10.8. The van der Waals surface area contributed by atoms with Crippen molar-refractivity contribution in [2.75, 3.05) is 5.32 Å². The summed E-state index contributed by atoms with van der Waals surface area (Å²) in [7, 11) is 0. The first-order valence-electron chi connectivity index (χ1n) is 4.68. The van der Waals surface area contributed by atoms with Gasteiger partial charge in [-0.05, 0) is 12.1 Å². The summed E-state index contributed by atoms with van der Waals surface area (Å²) in [5.41, 5.74) is 1.58. The van der Waals surface area contributed by atoms with Crippen LogP contribution in [-0.4, -0.2) is 21.0 Å². The van der Waals surface area contributed by atoms with Crippen LogP contribution >= 0.6 is 22.9 Å². The highest BCUT2D eigenvalue weighted by Crippen LogP contribution is 2.17. The van der Waals surface area contributed by atoms with Gasteiger partial charge in [-0.1, -0.05) is 11.6 Å². The molecule has 0 unspecified atom stereocenters. The summed E-state index contributed by atoms with van der Waals surface area (Å²) in [5, 5.41) is 12.0. The molecule has 2 N–H and O–H groups in total. The highest BCUT2D eigenvalue weighted by atomic mass is 35.5. The number of pyridine rings is 1. The van der Waals surface area contributed by atoms with Gasteiger partial charge < -0.3 is 10.4 Å². The number of rotatable bonds is 4. The number of aromatic nitrogens is 2. The molecular weight excluding hydrogens is 262 g/mol. The van der Waals surface area contributed by atoms with E-state index in [1.165, 1.54) is 17.4 Å². The first-order chi connectivity index (χ1) is 8.16. The second-order valence-corrected chi connectivity index (χ2v) is 4.53. The van der Waals surface area contributed by atoms with Crippen LogP contribution in [0.5, 0.6) is 0 Å². The third-order valence-electron chi connectivity index (χ3n) is 1.98. The Labute approximate surface area is 106 Å². The average molecular weight is 270 g/mol. The van der Waals surface area contributed by atoms with Gasteiger partial charge in [0, 0.05) is 11.1 Å². The molecule has 17 heavy (non-hydrogen) atoms. The Morgan fingerprint density at radius 1 is 1.53 bits per heavy atom. The van der Waals surface area contributed by atoms with Crippen molar-refractivity contribution in [2.24, 2.45) is 0 Å². The number of hydrogen-bond donors (Lipinski definition) is 2. The molecule has 5 nitrogen and oxygen atoms in total. The molecule has 0 aliphatic rings. The lowest BCUT2D eigenvalue weighted by Gasteiger charge is -2.05. The summed E-state index contributed by atoms with van der Waals surface area (Å²) in [5.74, 6) is -0.670. The van der Waals surface area contributed by atoms with Crippen molar-refractivity contribution in [1.29, 1.82) is 0 Å². The van der Waals surface area contributed by atoms with Crippen LogP contribution in [0.1, 0.15) is 15.4 Å². The van der Waals surface area contributed by atoms with Gasteiger partial charge >= 0.3 is 5.97 Å². The minimum atomic E-state index is -1.14. The molecule has 0 fully saturated rings. The van der Waals surface area contributed by atoms with Crippen LogP contribution in [0.3, 0.4) is 0 Å². The van der Waals surface area contributed by atoms with E-state index in [1.54, 1.807) is 17.8 Å². The van der Waals surface area contributed by atoms with Gasteiger partial charge in [-0.15, -0.1) is 11.3 Å². The Bertz CT molecular complexity index is 530. The van der Waals surface area contributed by atoms with Crippen LogP contribution in [0.15, 0.2) is 23.8 Å². The molecule has 0 saturated heterocycles. The summed E-state index contributed by atoms with van der Waals surface area (Å²) in [6.07, 6.45) is 1.74. The van der Waals surface area contributed by atoms with Crippen LogP contribution in [0.2, 0.25) is 5.02 Å². The van der Waals surface area contributed by atoms with E-state index < -0.39 is 5.97 Å². The van der Waals surface area contributed by atoms with Crippen LogP contribution in [-0.2, 0) is 6.54 Å². The molecule has 0 aliphatic carbocycles. The lowest BCUT2D eigenvalue weighted by Crippen LogP contribution is -2.06. The largest absolute Gasteiger partial charge is 0.476 e. The molecule has 0 aliphatic heterocycles. The number of anilines is 1. The average Bonchev–Trinajstić information content (AvgIpc) is 2.80. The minimum Gasteiger partial charge on any atom is -0.476 e. The van der Waals surface area contributed by atoms with Gasteiger partial charge in [0.1, 0.15) is 5.82 Å². The van der Waals surface area contributed by atoms with Crippen molar-refractivity contribution in [3.05, 3.63) is 39.4 Å². The molecular formula is C10H8ClN3O2S. The third kappa shape index (κ3) is 2.92. The summed E-state index contributed by atoms with van der Waals surface area (Å²) >= 11 is 7.22. The summed E-state index contributed by atoms with van der Waals surface area (Å²) in [6.45, 7) is 0.554. The maximum Gasteiger partial charge on any atom is 0.356 e. The predicted octanol–water partition coefficient (Wildman–Crippen LogP) is 2.50. The molecule has 0 radical (unpaired) electrons. The topological polar surface area (TPSA) is 75.1 Å². The van der Waals surface area contributed by atoms with E-state index in [4.69, 9.17) is 16.7 Å². The molecule has 2 rings (SSSR count). The lowest BCUT2D eigenvalue weighted by atomic mass is 10.3. The number of carbonyl (C=O) groups is 1. The van der Waals surface area contributed by atoms with Crippen LogP contribution in [0.25, 0.3) is 0 Å². The Morgan fingerprint density at radius 3 is 3.00 bits per heavy atom. The highest BCUT2D eigenvalue weighted by Gasteiger charge is 2.11. The molecule has 0 spiro atoms. The molecule has 0 saturated carbocycles. The fourth-order valence-electron chi connectivity index (χ4n) is 1.20. The van der Waals surface area contributed by atoms with Gasteiger partial charge in [0.25, 0.3) is 0 Å². The van der Waals surface area contributed by atoms with Gasteiger partial charge in [0.2, 0.25) is 0 Å². The molecule has 88 valence electrons. The third-order valence-corrected chi connectivity index (χ3v) is 3.06. The number of carboxylic acid groups (broad SMARTS) is 1. The summed E-state index contributed by atoms with van der Waals surface area (Å²) in [4.78, 5) is 19.7. The molecule has 0 aromatic carbocycles. The molecule has 0 bridgehead atoms. The van der Waals surface area contributed by atoms with Gasteiger partial charge in [0.05, 0.1) is 17.1 Å². The Hall–Kier alpha value is -1.66. The van der Waals surface area contributed by atoms with E-state index in [0.717, 1.165) is 4.88 Å². The second-order valence-electron chi connectivity index (χ2n) is 3.15. The first kappa shape index (κ1) is 11.8. The van der Waals surface area contributed by atoms with Gasteiger partial charge in [-0.3, -0.25) is 4.98 Å². The maximum absolute atomic E-state index is 10.8. The van der Waals surface area contributed by atoms with Gasteiger partial charge in [-0.25, -0.2) is 9.78 Å². The smallest absolute Gasteiger partial charge is 0.356 e. The molecule has 2 aromatic heterocycles. The zero-order valence-electron chi connectivity index (χ0n) is 8.55. The van der Waals surface area contributed by atoms with E-state index in [2.05, 4.69) is 15.3 Å². The first-order valence-corrected chi connectivity index (χ1v) is 5.93. The number of halogens is 1. The second kappa shape index (κ2) is 5.11. The zero-order valence-corrected chi connectivity index (χ0v) is 10.1. The zero-order chi connectivity index (χ0) is 12.3. The normalized spacial score (nSPS) is 10.2. The summed E-state index contributed by atoms with van der Waals surface area (Å²) in [6, 6.07) is 3.14. The lowest BCUT2D eigenvalue weighted by molar-refractivity contribution is 0.0691. The Kier molecular flexibility index (Phi) is 3.55. The van der Waals surface area contributed by atoms with E-state index in [1.807, 2.05) is 0 Å². The van der Waals surface area contributed by atoms with E-state index in [-0.39, 0.29) is 10.7 Å². The SMILES string of the molecule is O=C(O)c1nc(NCc2cncs2)ccc1Cl. The van der Waals surface area contributed by atoms with Crippen molar-refractivity contribution < 1.29 is 9.90 Å². The standard InChI is InChI=1S/C10H8ClN3O2S/c11-7-1-2-8(14-9(7)10(15)16)13-4-6-3-12-5-17-6/h1-3,5H,4H2,(H,13,14)(H,15,16). The molecule has 7 heteroatoms. The van der Waals surface area contributed by atoms with Crippen molar-refractivity contribution in [3.63, 3.8) is 0 Å². The Morgan fingerprint density at radius 2 is 2.35 bits per heavy atom. The summed E-state index contributed by atoms with van der Waals surface area (Å²) < 4.78 is 0. The Balaban J connectivity index is 2.11. The van der Waals surface area contributed by atoms with Crippen LogP contribution in [0.4, 0.5) is 5.82 Å². The van der Waals surface area contributed by atoms with Gasteiger partial charge in [0.15, 0.2) is 5.69 Å². The quantitative estimate of drug-likeness (QED) is 0.892. The molecule has 2 aromatic rings. The van der Waals surface area contributed by atoms with E-state index >= 15 is 0 Å². The monoisotopic (exact) mass is 269 g/mol. The van der Waals surface area contributed by atoms with E-state index in [0.29, 0.717) is 12.4 Å². The van der Waals surface area contributed by atoms with Crippen LogP contribution in [0, 0.1) is 0 Å². The fraction of sp³-hybridized carbons (Fsp3) is 0.100. The van der Waals surface area contributed by atoms with Crippen molar-refractivity contribution in [1.82, 2.24) is 9.97 Å². The van der Waals surface area contributed by atoms with Crippen LogP contribution < -0.4 is 5.32 Å². The number of nitrogens with zero attached hydrogens (tertiary/aromatic N) is 2. The van der Waals surface area contributed by atoms with Gasteiger partial charge in [-0.2, -0.15) is 0 Å². The number of hydrogen-bond acceptors (Lipinski definition) is 5. The fourth-order valence-corrected chi connectivity index (χ4v) is 1.92.